The van der Waals surface area contributed by atoms with E-state index in [1.807, 2.05) is 12.1 Å². The second-order valence-corrected chi connectivity index (χ2v) is 7.79. The molecule has 25 heavy (non-hydrogen) atoms. The molecular weight excluding hydrogens is 317 g/mol. The summed E-state index contributed by atoms with van der Waals surface area (Å²) in [6, 6.07) is 7.52. The summed E-state index contributed by atoms with van der Waals surface area (Å²) in [5, 5.41) is 10.3. The van der Waals surface area contributed by atoms with Gasteiger partial charge in [0.15, 0.2) is 0 Å². The van der Waals surface area contributed by atoms with Gasteiger partial charge in [-0.25, -0.2) is 4.39 Å². The van der Waals surface area contributed by atoms with E-state index >= 15 is 0 Å². The lowest BCUT2D eigenvalue weighted by atomic mass is 9.91. The fourth-order valence-electron chi connectivity index (χ4n) is 4.29. The quantitative estimate of drug-likeness (QED) is 0.884. The first kappa shape index (κ1) is 18.8. The van der Waals surface area contributed by atoms with Crippen molar-refractivity contribution < 1.29 is 9.50 Å². The Morgan fingerprint density at radius 1 is 1.08 bits per heavy atom. The van der Waals surface area contributed by atoms with Crippen LogP contribution in [0.25, 0.3) is 0 Å². The molecule has 1 aliphatic carbocycles. The normalized spacial score (nSPS) is 27.6. The molecule has 0 spiro atoms. The zero-order valence-electron chi connectivity index (χ0n) is 15.6. The maximum absolute atomic E-state index is 13.2. The summed E-state index contributed by atoms with van der Waals surface area (Å²) in [6.07, 6.45) is 4.36. The largest absolute Gasteiger partial charge is 0.391 e. The van der Waals surface area contributed by atoms with Crippen LogP contribution in [0.5, 0.6) is 0 Å². The standard InChI is InChI=1S/C20H32FN3O/c1-22(2)19(16-7-9-17(21)10-8-16)15-23-11-13-24(14-12-23)18-5-3-4-6-20(18)25/h7-10,18-20,25H,3-6,11-15H2,1-2H3/t18-,19?,20-/m0/s1. The summed E-state index contributed by atoms with van der Waals surface area (Å²) in [5.41, 5.74) is 1.16. The maximum atomic E-state index is 13.2. The van der Waals surface area contributed by atoms with Crippen LogP contribution in [0.15, 0.2) is 24.3 Å². The van der Waals surface area contributed by atoms with Gasteiger partial charge in [-0.2, -0.15) is 0 Å². The highest BCUT2D eigenvalue weighted by atomic mass is 19.1. The molecule has 3 atom stereocenters. The molecule has 2 aliphatic rings. The summed E-state index contributed by atoms with van der Waals surface area (Å²) in [4.78, 5) is 7.20. The Labute approximate surface area is 151 Å². The predicted molar refractivity (Wildman–Crippen MR) is 99.1 cm³/mol. The second kappa shape index (κ2) is 8.58. The first-order valence-electron chi connectivity index (χ1n) is 9.61. The lowest BCUT2D eigenvalue weighted by Crippen LogP contribution is -2.55. The Kier molecular flexibility index (Phi) is 6.44. The van der Waals surface area contributed by atoms with E-state index in [4.69, 9.17) is 0 Å². The van der Waals surface area contributed by atoms with Crippen molar-refractivity contribution in [3.05, 3.63) is 35.6 Å². The number of aliphatic hydroxyl groups is 1. The van der Waals surface area contributed by atoms with E-state index in [-0.39, 0.29) is 18.0 Å². The summed E-state index contributed by atoms with van der Waals surface area (Å²) in [6.45, 7) is 5.10. The van der Waals surface area contributed by atoms with Crippen LogP contribution >= 0.6 is 0 Å². The van der Waals surface area contributed by atoms with E-state index in [1.54, 1.807) is 12.1 Å². The number of piperazine rings is 1. The van der Waals surface area contributed by atoms with Crippen molar-refractivity contribution in [3.8, 4) is 0 Å². The molecule has 1 saturated carbocycles. The molecule has 4 nitrogen and oxygen atoms in total. The van der Waals surface area contributed by atoms with Crippen LogP contribution < -0.4 is 0 Å². The van der Waals surface area contributed by atoms with Crippen LogP contribution in [-0.2, 0) is 0 Å². The van der Waals surface area contributed by atoms with E-state index in [0.29, 0.717) is 6.04 Å². The maximum Gasteiger partial charge on any atom is 0.123 e. The zero-order chi connectivity index (χ0) is 17.8. The third-order valence-corrected chi connectivity index (χ3v) is 5.88. The Bertz CT molecular complexity index is 528. The summed E-state index contributed by atoms with van der Waals surface area (Å²) in [5.74, 6) is -0.180. The van der Waals surface area contributed by atoms with E-state index in [9.17, 15) is 9.50 Å². The molecule has 0 amide bonds. The van der Waals surface area contributed by atoms with Gasteiger partial charge in [0.2, 0.25) is 0 Å². The monoisotopic (exact) mass is 349 g/mol. The smallest absolute Gasteiger partial charge is 0.123 e. The summed E-state index contributed by atoms with van der Waals surface area (Å²) in [7, 11) is 4.17. The lowest BCUT2D eigenvalue weighted by Gasteiger charge is -2.43. The molecule has 5 heteroatoms. The Morgan fingerprint density at radius 3 is 2.32 bits per heavy atom. The molecule has 1 unspecified atom stereocenters. The number of likely N-dealkylation sites (N-methyl/N-ethyl adjacent to an activating group) is 1. The number of rotatable bonds is 5. The molecule has 0 bridgehead atoms. The molecule has 2 fully saturated rings. The van der Waals surface area contributed by atoms with Crippen molar-refractivity contribution >= 4 is 0 Å². The molecule has 3 rings (SSSR count). The van der Waals surface area contributed by atoms with Gasteiger partial charge >= 0.3 is 0 Å². The highest BCUT2D eigenvalue weighted by Gasteiger charge is 2.31. The van der Waals surface area contributed by atoms with Gasteiger partial charge in [-0.1, -0.05) is 25.0 Å². The van der Waals surface area contributed by atoms with Crippen LogP contribution in [0, 0.1) is 5.82 Å². The van der Waals surface area contributed by atoms with Gasteiger partial charge in [0.25, 0.3) is 0 Å². The number of aliphatic hydroxyl groups excluding tert-OH is 1. The number of hydrogen-bond donors (Lipinski definition) is 1. The topological polar surface area (TPSA) is 30.0 Å². The van der Waals surface area contributed by atoms with Crippen molar-refractivity contribution in [2.24, 2.45) is 0 Å². The van der Waals surface area contributed by atoms with Gasteiger partial charge in [0.05, 0.1) is 6.10 Å². The van der Waals surface area contributed by atoms with E-state index in [1.165, 1.54) is 12.8 Å². The second-order valence-electron chi connectivity index (χ2n) is 7.79. The van der Waals surface area contributed by atoms with Gasteiger partial charge < -0.3 is 10.0 Å². The van der Waals surface area contributed by atoms with Crippen LogP contribution in [0.4, 0.5) is 4.39 Å². The molecule has 1 saturated heterocycles. The molecule has 0 aromatic heterocycles. The van der Waals surface area contributed by atoms with Crippen LogP contribution in [0.3, 0.4) is 0 Å². The summed E-state index contributed by atoms with van der Waals surface area (Å²) >= 11 is 0. The number of nitrogens with zero attached hydrogens (tertiary/aromatic N) is 3. The van der Waals surface area contributed by atoms with Crippen LogP contribution in [0.2, 0.25) is 0 Å². The van der Waals surface area contributed by atoms with Gasteiger partial charge in [0, 0.05) is 44.8 Å². The minimum Gasteiger partial charge on any atom is -0.391 e. The van der Waals surface area contributed by atoms with E-state index in [0.717, 1.165) is 51.1 Å². The molecular formula is C20H32FN3O. The fourth-order valence-corrected chi connectivity index (χ4v) is 4.29. The van der Waals surface area contributed by atoms with E-state index < -0.39 is 0 Å². The molecule has 1 aromatic carbocycles. The number of hydrogen-bond acceptors (Lipinski definition) is 4. The third-order valence-electron chi connectivity index (χ3n) is 5.88. The highest BCUT2D eigenvalue weighted by molar-refractivity contribution is 5.20. The molecule has 1 aromatic rings. The zero-order valence-corrected chi connectivity index (χ0v) is 15.6. The van der Waals surface area contributed by atoms with Gasteiger partial charge in [-0.05, 0) is 44.6 Å². The third kappa shape index (κ3) is 4.79. The number of benzene rings is 1. The fraction of sp³-hybridized carbons (Fsp3) is 0.700. The van der Waals surface area contributed by atoms with Crippen molar-refractivity contribution in [3.63, 3.8) is 0 Å². The molecule has 140 valence electrons. The highest BCUT2D eigenvalue weighted by Crippen LogP contribution is 2.25. The first-order chi connectivity index (χ1) is 12.0. The SMILES string of the molecule is CN(C)C(CN1CCN([C@H]2CCCC[C@@H]2O)CC1)c1ccc(F)cc1. The average molecular weight is 349 g/mol. The van der Waals surface area contributed by atoms with E-state index in [2.05, 4.69) is 28.8 Å². The summed E-state index contributed by atoms with van der Waals surface area (Å²) < 4.78 is 13.2. The van der Waals surface area contributed by atoms with Crippen molar-refractivity contribution in [2.45, 2.75) is 43.9 Å². The van der Waals surface area contributed by atoms with Crippen LogP contribution in [-0.4, -0.2) is 78.8 Å². The average Bonchev–Trinajstić information content (AvgIpc) is 2.61. The Morgan fingerprint density at radius 2 is 1.72 bits per heavy atom. The molecule has 1 heterocycles. The molecule has 1 N–H and O–H groups in total. The lowest BCUT2D eigenvalue weighted by molar-refractivity contribution is -0.00660. The number of halogens is 1. The van der Waals surface area contributed by atoms with Crippen molar-refractivity contribution in [1.29, 1.82) is 0 Å². The van der Waals surface area contributed by atoms with Crippen molar-refractivity contribution in [2.75, 3.05) is 46.8 Å². The van der Waals surface area contributed by atoms with Gasteiger partial charge in [0.1, 0.15) is 5.82 Å². The Hall–Kier alpha value is -1.01. The molecule has 0 radical (unpaired) electrons. The molecule has 1 aliphatic heterocycles. The van der Waals surface area contributed by atoms with Crippen LogP contribution in [0.1, 0.15) is 37.3 Å². The van der Waals surface area contributed by atoms with Gasteiger partial charge in [-0.15, -0.1) is 0 Å². The Balaban J connectivity index is 1.55. The van der Waals surface area contributed by atoms with Gasteiger partial charge in [-0.3, -0.25) is 9.80 Å². The first-order valence-corrected chi connectivity index (χ1v) is 9.61. The predicted octanol–water partition coefficient (Wildman–Crippen LogP) is 2.35. The van der Waals surface area contributed by atoms with Crippen molar-refractivity contribution in [1.82, 2.24) is 14.7 Å². The minimum absolute atomic E-state index is 0.144. The minimum atomic E-state index is -0.180.